The van der Waals surface area contributed by atoms with Crippen LogP contribution in [0, 0.1) is 11.6 Å². The Morgan fingerprint density at radius 2 is 1.71 bits per heavy atom. The lowest BCUT2D eigenvalue weighted by atomic mass is 10.1. The molecule has 0 aliphatic carbocycles. The Hall–Kier alpha value is -1.93. The molecule has 0 aliphatic rings. The van der Waals surface area contributed by atoms with Crippen molar-refractivity contribution < 1.29 is 22.0 Å². The van der Waals surface area contributed by atoms with Gasteiger partial charge in [0.15, 0.2) is 17.4 Å². The zero-order valence-electron chi connectivity index (χ0n) is 13.0. The van der Waals surface area contributed by atoms with Crippen LogP contribution in [0.15, 0.2) is 47.4 Å². The molecule has 0 unspecified atom stereocenters. The number of anilines is 1. The van der Waals surface area contributed by atoms with Gasteiger partial charge < -0.3 is 0 Å². The molecule has 0 bridgehead atoms. The molecule has 0 radical (unpaired) electrons. The van der Waals surface area contributed by atoms with Crippen molar-refractivity contribution in [3.05, 3.63) is 59.7 Å². The van der Waals surface area contributed by atoms with Crippen LogP contribution in [-0.2, 0) is 10.0 Å². The molecule has 0 N–H and O–H groups in total. The van der Waals surface area contributed by atoms with E-state index >= 15 is 0 Å². The Morgan fingerprint density at radius 1 is 1.08 bits per heavy atom. The molecule has 0 fully saturated rings. The molecule has 128 valence electrons. The van der Waals surface area contributed by atoms with Crippen molar-refractivity contribution >= 4 is 33.3 Å². The number of carbonyl (C=O) groups excluding carboxylic acids is 1. The molecule has 0 amide bonds. The first-order valence-electron chi connectivity index (χ1n) is 6.83. The zero-order valence-corrected chi connectivity index (χ0v) is 14.6. The summed E-state index contributed by atoms with van der Waals surface area (Å²) in [5.41, 5.74) is 0.859. The summed E-state index contributed by atoms with van der Waals surface area (Å²) in [6.07, 6.45) is 1.09. The third kappa shape index (κ3) is 4.55. The third-order valence-corrected chi connectivity index (χ3v) is 5.51. The molecular formula is C16H15F2NO3S2. The van der Waals surface area contributed by atoms with E-state index in [0.717, 1.165) is 34.5 Å². The molecule has 4 nitrogen and oxygen atoms in total. The van der Waals surface area contributed by atoms with Gasteiger partial charge in [-0.3, -0.25) is 9.10 Å². The fourth-order valence-electron chi connectivity index (χ4n) is 1.85. The molecule has 0 aromatic heterocycles. The smallest absolute Gasteiger partial charge is 0.231 e. The van der Waals surface area contributed by atoms with Gasteiger partial charge in [0.05, 0.1) is 17.7 Å². The molecular weight excluding hydrogens is 356 g/mol. The molecule has 8 heteroatoms. The van der Waals surface area contributed by atoms with Crippen LogP contribution in [-0.4, -0.2) is 33.3 Å². The number of hydrogen-bond donors (Lipinski definition) is 0. The Balaban J connectivity index is 2.03. The maximum absolute atomic E-state index is 13.1. The summed E-state index contributed by atoms with van der Waals surface area (Å²) >= 11 is 1.10. The van der Waals surface area contributed by atoms with Crippen LogP contribution in [0.2, 0.25) is 0 Å². The number of halogens is 2. The van der Waals surface area contributed by atoms with Gasteiger partial charge in [-0.1, -0.05) is 0 Å². The Bertz CT molecular complexity index is 852. The third-order valence-electron chi connectivity index (χ3n) is 3.31. The van der Waals surface area contributed by atoms with Crippen molar-refractivity contribution in [1.82, 2.24) is 0 Å². The average Bonchev–Trinajstić information content (AvgIpc) is 2.54. The molecule has 0 saturated carbocycles. The Kier molecular flexibility index (Phi) is 5.61. The van der Waals surface area contributed by atoms with E-state index in [2.05, 4.69) is 0 Å². The number of Topliss-reactive ketones (excluding diaryl/α,β-unsaturated/α-hetero) is 1. The van der Waals surface area contributed by atoms with E-state index in [9.17, 15) is 22.0 Å². The van der Waals surface area contributed by atoms with Gasteiger partial charge in [0, 0.05) is 17.5 Å². The van der Waals surface area contributed by atoms with Gasteiger partial charge in [-0.25, -0.2) is 17.2 Å². The fraction of sp³-hybridized carbons (Fsp3) is 0.188. The van der Waals surface area contributed by atoms with Gasteiger partial charge in [-0.05, 0) is 42.5 Å². The van der Waals surface area contributed by atoms with E-state index in [1.165, 1.54) is 37.4 Å². The van der Waals surface area contributed by atoms with Gasteiger partial charge in [0.25, 0.3) is 0 Å². The van der Waals surface area contributed by atoms with Crippen molar-refractivity contribution in [2.45, 2.75) is 4.90 Å². The highest BCUT2D eigenvalue weighted by Gasteiger charge is 2.13. The largest absolute Gasteiger partial charge is 0.293 e. The van der Waals surface area contributed by atoms with E-state index in [1.54, 1.807) is 0 Å². The summed E-state index contributed by atoms with van der Waals surface area (Å²) < 4.78 is 50.0. The van der Waals surface area contributed by atoms with Crippen LogP contribution >= 0.6 is 11.8 Å². The number of sulfonamides is 1. The van der Waals surface area contributed by atoms with Gasteiger partial charge in [-0.2, -0.15) is 0 Å². The predicted octanol–water partition coefficient (Wildman–Crippen LogP) is 3.34. The molecule has 2 aromatic carbocycles. The van der Waals surface area contributed by atoms with Gasteiger partial charge in [-0.15, -0.1) is 11.8 Å². The highest BCUT2D eigenvalue weighted by molar-refractivity contribution is 8.00. The molecule has 0 saturated heterocycles. The number of hydrogen-bond acceptors (Lipinski definition) is 4. The fourth-order valence-corrected chi connectivity index (χ4v) is 3.17. The number of benzene rings is 2. The van der Waals surface area contributed by atoms with Crippen molar-refractivity contribution in [2.24, 2.45) is 0 Å². The van der Waals surface area contributed by atoms with E-state index in [1.807, 2.05) is 0 Å². The Morgan fingerprint density at radius 3 is 2.25 bits per heavy atom. The standard InChI is InChI=1S/C16H15F2NO3S2/c1-19(24(2,21)22)12-5-3-11(4-6-12)16(20)10-23-13-7-8-14(17)15(18)9-13/h3-9H,10H2,1-2H3. The maximum Gasteiger partial charge on any atom is 0.231 e. The van der Waals surface area contributed by atoms with Crippen LogP contribution in [0.25, 0.3) is 0 Å². The van der Waals surface area contributed by atoms with Crippen molar-refractivity contribution in [1.29, 1.82) is 0 Å². The molecule has 24 heavy (non-hydrogen) atoms. The molecule has 2 rings (SSSR count). The normalized spacial score (nSPS) is 11.3. The summed E-state index contributed by atoms with van der Waals surface area (Å²) in [5, 5.41) is 0. The minimum Gasteiger partial charge on any atom is -0.293 e. The van der Waals surface area contributed by atoms with Crippen LogP contribution in [0.1, 0.15) is 10.4 Å². The maximum atomic E-state index is 13.1. The average molecular weight is 371 g/mol. The molecule has 0 spiro atoms. The number of thioether (sulfide) groups is 1. The van der Waals surface area contributed by atoms with Crippen molar-refractivity contribution in [3.8, 4) is 0 Å². The summed E-state index contributed by atoms with van der Waals surface area (Å²) in [6.45, 7) is 0. The molecule has 2 aromatic rings. The molecule has 0 atom stereocenters. The van der Waals surface area contributed by atoms with Crippen LogP contribution in [0.4, 0.5) is 14.5 Å². The second kappa shape index (κ2) is 7.31. The van der Waals surface area contributed by atoms with E-state index in [0.29, 0.717) is 16.1 Å². The zero-order chi connectivity index (χ0) is 17.9. The molecule has 0 aliphatic heterocycles. The highest BCUT2D eigenvalue weighted by Crippen LogP contribution is 2.22. The number of ketones is 1. The first kappa shape index (κ1) is 18.4. The van der Waals surface area contributed by atoms with E-state index in [-0.39, 0.29) is 11.5 Å². The lowest BCUT2D eigenvalue weighted by Gasteiger charge is -2.16. The van der Waals surface area contributed by atoms with Gasteiger partial charge in [0.2, 0.25) is 10.0 Å². The number of rotatable bonds is 6. The number of nitrogens with zero attached hydrogens (tertiary/aromatic N) is 1. The monoisotopic (exact) mass is 371 g/mol. The summed E-state index contributed by atoms with van der Waals surface area (Å²) in [4.78, 5) is 12.6. The van der Waals surface area contributed by atoms with E-state index < -0.39 is 21.7 Å². The van der Waals surface area contributed by atoms with Crippen LogP contribution < -0.4 is 4.31 Å². The summed E-state index contributed by atoms with van der Waals surface area (Å²) in [6, 6.07) is 9.60. The quantitative estimate of drug-likeness (QED) is 0.577. The molecule has 0 heterocycles. The number of carbonyl (C=O) groups is 1. The Labute approximate surface area is 143 Å². The second-order valence-electron chi connectivity index (χ2n) is 5.07. The minimum absolute atomic E-state index is 0.0618. The van der Waals surface area contributed by atoms with E-state index in [4.69, 9.17) is 0 Å². The highest BCUT2D eigenvalue weighted by atomic mass is 32.2. The topological polar surface area (TPSA) is 54.5 Å². The predicted molar refractivity (Wildman–Crippen MR) is 91.1 cm³/mol. The first-order chi connectivity index (χ1) is 11.2. The first-order valence-corrected chi connectivity index (χ1v) is 9.67. The van der Waals surface area contributed by atoms with Gasteiger partial charge >= 0.3 is 0 Å². The summed E-state index contributed by atoms with van der Waals surface area (Å²) in [5.74, 6) is -2.03. The van der Waals surface area contributed by atoms with Gasteiger partial charge in [0.1, 0.15) is 0 Å². The summed E-state index contributed by atoms with van der Waals surface area (Å²) in [7, 11) is -1.94. The SMILES string of the molecule is CN(c1ccc(C(=O)CSc2ccc(F)c(F)c2)cc1)S(C)(=O)=O. The van der Waals surface area contributed by atoms with Crippen molar-refractivity contribution in [2.75, 3.05) is 23.4 Å². The van der Waals surface area contributed by atoms with Crippen LogP contribution in [0.3, 0.4) is 0 Å². The van der Waals surface area contributed by atoms with Crippen LogP contribution in [0.5, 0.6) is 0 Å². The second-order valence-corrected chi connectivity index (χ2v) is 8.13. The van der Waals surface area contributed by atoms with Crippen molar-refractivity contribution in [3.63, 3.8) is 0 Å². The minimum atomic E-state index is -3.36. The lowest BCUT2D eigenvalue weighted by Crippen LogP contribution is -2.24. The lowest BCUT2D eigenvalue weighted by molar-refractivity contribution is 0.102.